The Balaban J connectivity index is 1.78. The maximum atomic E-state index is 5.60. The maximum Gasteiger partial charge on any atom is 0.119 e. The van der Waals surface area contributed by atoms with E-state index in [1.54, 1.807) is 0 Å². The monoisotopic (exact) mass is 231 g/mol. The van der Waals surface area contributed by atoms with E-state index >= 15 is 0 Å². The van der Waals surface area contributed by atoms with Crippen LogP contribution in [0.5, 0.6) is 5.75 Å². The van der Waals surface area contributed by atoms with Crippen molar-refractivity contribution in [2.24, 2.45) is 0 Å². The van der Waals surface area contributed by atoms with Crippen LogP contribution < -0.4 is 10.1 Å². The van der Waals surface area contributed by atoms with Gasteiger partial charge in [-0.05, 0) is 25.2 Å². The molecule has 2 aromatic rings. The average molecular weight is 231 g/mol. The van der Waals surface area contributed by atoms with Crippen LogP contribution in [0.15, 0.2) is 42.6 Å². The van der Waals surface area contributed by atoms with Gasteiger partial charge in [-0.1, -0.05) is 18.2 Å². The second kappa shape index (κ2) is 6.06. The quantitative estimate of drug-likeness (QED) is 0.822. The molecule has 17 heavy (non-hydrogen) atoms. The van der Waals surface area contributed by atoms with Gasteiger partial charge in [0.1, 0.15) is 12.4 Å². The molecule has 4 nitrogen and oxygen atoms in total. The summed E-state index contributed by atoms with van der Waals surface area (Å²) in [5.74, 6) is 0.898. The zero-order valence-electron chi connectivity index (χ0n) is 9.97. The molecule has 4 heteroatoms. The second-order valence-corrected chi connectivity index (χ2v) is 3.76. The first-order valence-corrected chi connectivity index (χ1v) is 5.73. The highest BCUT2D eigenvalue weighted by atomic mass is 16.5. The zero-order valence-corrected chi connectivity index (χ0v) is 9.97. The van der Waals surface area contributed by atoms with Gasteiger partial charge in [-0.25, -0.2) is 0 Å². The van der Waals surface area contributed by atoms with E-state index in [2.05, 4.69) is 10.4 Å². The fraction of sp³-hybridized carbons (Fsp3) is 0.308. The van der Waals surface area contributed by atoms with Crippen molar-refractivity contribution in [2.45, 2.75) is 13.1 Å². The topological polar surface area (TPSA) is 39.1 Å². The van der Waals surface area contributed by atoms with Gasteiger partial charge in [-0.3, -0.25) is 4.68 Å². The van der Waals surface area contributed by atoms with Crippen molar-refractivity contribution < 1.29 is 4.74 Å². The summed E-state index contributed by atoms with van der Waals surface area (Å²) in [5, 5.41) is 7.48. The molecule has 1 heterocycles. The molecule has 0 spiro atoms. The summed E-state index contributed by atoms with van der Waals surface area (Å²) in [7, 11) is 1.91. The molecular formula is C13H17N3O. The van der Waals surface area contributed by atoms with E-state index in [1.807, 2.05) is 54.3 Å². The van der Waals surface area contributed by atoms with E-state index in [9.17, 15) is 0 Å². The van der Waals surface area contributed by atoms with E-state index in [1.165, 1.54) is 0 Å². The van der Waals surface area contributed by atoms with Crippen molar-refractivity contribution in [3.05, 3.63) is 48.3 Å². The van der Waals surface area contributed by atoms with Gasteiger partial charge in [0, 0.05) is 12.7 Å². The minimum Gasteiger partial charge on any atom is -0.492 e. The molecule has 0 aliphatic carbocycles. The molecule has 90 valence electrons. The minimum absolute atomic E-state index is 0.630. The molecule has 1 aromatic heterocycles. The normalized spacial score (nSPS) is 10.4. The Kier molecular flexibility index (Phi) is 4.16. The fourth-order valence-corrected chi connectivity index (χ4v) is 1.58. The first kappa shape index (κ1) is 11.7. The number of nitrogens with one attached hydrogen (secondary N) is 1. The van der Waals surface area contributed by atoms with Gasteiger partial charge in [0.05, 0.1) is 12.2 Å². The molecule has 0 aliphatic heterocycles. The van der Waals surface area contributed by atoms with Crippen LogP contribution in [-0.2, 0) is 13.1 Å². The molecule has 0 saturated carbocycles. The molecule has 0 amide bonds. The standard InChI is InChI=1S/C13H17N3O/c1-14-11-12-7-8-16(15-12)9-10-17-13-5-3-2-4-6-13/h2-8,14H,9-11H2,1H3. The number of aromatic nitrogens is 2. The third-order valence-electron chi connectivity index (χ3n) is 2.39. The average Bonchev–Trinajstić information content (AvgIpc) is 2.79. The summed E-state index contributed by atoms with van der Waals surface area (Å²) in [6.07, 6.45) is 1.97. The Morgan fingerprint density at radius 2 is 2.06 bits per heavy atom. The second-order valence-electron chi connectivity index (χ2n) is 3.76. The molecular weight excluding hydrogens is 214 g/mol. The number of hydrogen-bond acceptors (Lipinski definition) is 3. The molecule has 0 unspecified atom stereocenters. The number of rotatable bonds is 6. The van der Waals surface area contributed by atoms with Crippen LogP contribution in [0.25, 0.3) is 0 Å². The third-order valence-corrected chi connectivity index (χ3v) is 2.39. The summed E-state index contributed by atoms with van der Waals surface area (Å²) in [6, 6.07) is 11.8. The van der Waals surface area contributed by atoms with Gasteiger partial charge in [0.15, 0.2) is 0 Å². The lowest BCUT2D eigenvalue weighted by Crippen LogP contribution is -2.10. The van der Waals surface area contributed by atoms with E-state index in [-0.39, 0.29) is 0 Å². The molecule has 0 radical (unpaired) electrons. The Morgan fingerprint density at radius 3 is 2.82 bits per heavy atom. The number of benzene rings is 1. The summed E-state index contributed by atoms with van der Waals surface area (Å²) in [4.78, 5) is 0. The van der Waals surface area contributed by atoms with E-state index in [0.29, 0.717) is 6.61 Å². The van der Waals surface area contributed by atoms with Gasteiger partial charge in [-0.2, -0.15) is 5.10 Å². The lowest BCUT2D eigenvalue weighted by Gasteiger charge is -2.05. The molecule has 1 aromatic carbocycles. The zero-order chi connectivity index (χ0) is 11.9. The number of para-hydroxylation sites is 1. The van der Waals surface area contributed by atoms with Gasteiger partial charge < -0.3 is 10.1 Å². The van der Waals surface area contributed by atoms with Crippen molar-refractivity contribution in [3.8, 4) is 5.75 Å². The van der Waals surface area contributed by atoms with Crippen LogP contribution in [0.3, 0.4) is 0 Å². The molecule has 0 saturated heterocycles. The summed E-state index contributed by atoms with van der Waals surface area (Å²) >= 11 is 0. The van der Waals surface area contributed by atoms with Crippen LogP contribution in [0.1, 0.15) is 5.69 Å². The molecule has 1 N–H and O–H groups in total. The Labute approximate surface area is 101 Å². The fourth-order valence-electron chi connectivity index (χ4n) is 1.58. The molecule has 2 rings (SSSR count). The van der Waals surface area contributed by atoms with Gasteiger partial charge in [0.25, 0.3) is 0 Å². The highest BCUT2D eigenvalue weighted by Crippen LogP contribution is 2.08. The molecule has 0 atom stereocenters. The predicted octanol–water partition coefficient (Wildman–Crippen LogP) is 1.68. The first-order valence-electron chi connectivity index (χ1n) is 5.73. The van der Waals surface area contributed by atoms with Crippen LogP contribution in [-0.4, -0.2) is 23.4 Å². The largest absolute Gasteiger partial charge is 0.492 e. The van der Waals surface area contributed by atoms with Gasteiger partial charge in [0.2, 0.25) is 0 Å². The van der Waals surface area contributed by atoms with Crippen LogP contribution in [0.4, 0.5) is 0 Å². The Morgan fingerprint density at radius 1 is 1.24 bits per heavy atom. The van der Waals surface area contributed by atoms with Crippen molar-refractivity contribution in [3.63, 3.8) is 0 Å². The lowest BCUT2D eigenvalue weighted by molar-refractivity contribution is 0.291. The number of nitrogens with zero attached hydrogens (tertiary/aromatic N) is 2. The molecule has 0 bridgehead atoms. The molecule has 0 aliphatic rings. The Hall–Kier alpha value is -1.81. The summed E-state index contributed by atoms with van der Waals surface area (Å²) < 4.78 is 7.50. The number of hydrogen-bond donors (Lipinski definition) is 1. The molecule has 0 fully saturated rings. The van der Waals surface area contributed by atoms with Gasteiger partial charge in [-0.15, -0.1) is 0 Å². The smallest absolute Gasteiger partial charge is 0.119 e. The number of ether oxygens (including phenoxy) is 1. The van der Waals surface area contributed by atoms with Crippen LogP contribution in [0, 0.1) is 0 Å². The SMILES string of the molecule is CNCc1ccn(CCOc2ccccc2)n1. The van der Waals surface area contributed by atoms with Gasteiger partial charge >= 0.3 is 0 Å². The minimum atomic E-state index is 0.630. The van der Waals surface area contributed by atoms with Crippen molar-refractivity contribution in [1.29, 1.82) is 0 Å². The highest BCUT2D eigenvalue weighted by Gasteiger charge is 1.98. The Bertz CT molecular complexity index is 439. The predicted molar refractivity (Wildman–Crippen MR) is 66.9 cm³/mol. The summed E-state index contributed by atoms with van der Waals surface area (Å²) in [6.45, 7) is 2.19. The van der Waals surface area contributed by atoms with Crippen molar-refractivity contribution >= 4 is 0 Å². The summed E-state index contributed by atoms with van der Waals surface area (Å²) in [5.41, 5.74) is 1.05. The van der Waals surface area contributed by atoms with E-state index in [0.717, 1.165) is 24.5 Å². The van der Waals surface area contributed by atoms with Crippen molar-refractivity contribution in [1.82, 2.24) is 15.1 Å². The first-order chi connectivity index (χ1) is 8.38. The van der Waals surface area contributed by atoms with E-state index in [4.69, 9.17) is 4.74 Å². The van der Waals surface area contributed by atoms with Crippen molar-refractivity contribution in [2.75, 3.05) is 13.7 Å². The lowest BCUT2D eigenvalue weighted by atomic mass is 10.3. The maximum absolute atomic E-state index is 5.60. The van der Waals surface area contributed by atoms with Crippen LogP contribution >= 0.6 is 0 Å². The van der Waals surface area contributed by atoms with E-state index < -0.39 is 0 Å². The highest BCUT2D eigenvalue weighted by molar-refractivity contribution is 5.20. The third kappa shape index (κ3) is 3.60. The van der Waals surface area contributed by atoms with Crippen LogP contribution in [0.2, 0.25) is 0 Å².